The average molecular weight is 327 g/mol. The predicted molar refractivity (Wildman–Crippen MR) is 78.3 cm³/mol. The summed E-state index contributed by atoms with van der Waals surface area (Å²) in [7, 11) is 1.64. The van der Waals surface area contributed by atoms with Crippen LogP contribution in [0, 0.1) is 0 Å². The van der Waals surface area contributed by atoms with Crippen LogP contribution in [0.25, 0.3) is 0 Å². The van der Waals surface area contributed by atoms with E-state index in [1.54, 1.807) is 18.4 Å². The molecule has 4 heteroatoms. The van der Waals surface area contributed by atoms with E-state index in [1.807, 2.05) is 42.6 Å². The van der Waals surface area contributed by atoms with E-state index >= 15 is 0 Å². The first-order chi connectivity index (χ1) is 8.51. The average Bonchev–Trinajstić information content (AvgIpc) is 2.74. The number of hydrogen-bond donors (Lipinski definition) is 1. The summed E-state index contributed by atoms with van der Waals surface area (Å²) in [5.41, 5.74) is 0.0316. The molecule has 0 saturated carbocycles. The maximum absolute atomic E-state index is 10.6. The van der Waals surface area contributed by atoms with Gasteiger partial charge in [-0.1, -0.05) is 12.1 Å². The van der Waals surface area contributed by atoms with Gasteiger partial charge in [0.2, 0.25) is 0 Å². The third-order valence-electron chi connectivity index (χ3n) is 2.85. The number of hydrogen-bond acceptors (Lipinski definition) is 3. The zero-order chi connectivity index (χ0) is 13.2. The van der Waals surface area contributed by atoms with Gasteiger partial charge in [-0.2, -0.15) is 0 Å². The van der Waals surface area contributed by atoms with Crippen molar-refractivity contribution in [1.82, 2.24) is 0 Å². The fourth-order valence-corrected chi connectivity index (χ4v) is 3.44. The molecule has 0 bridgehead atoms. The monoisotopic (exact) mass is 326 g/mol. The summed E-state index contributed by atoms with van der Waals surface area (Å²) < 4.78 is 6.18. The van der Waals surface area contributed by atoms with Gasteiger partial charge in [0.25, 0.3) is 0 Å². The summed E-state index contributed by atoms with van der Waals surface area (Å²) in [5, 5.41) is 12.6. The molecular formula is C14H15BrO2S. The molecule has 1 unspecified atom stereocenters. The van der Waals surface area contributed by atoms with E-state index < -0.39 is 5.60 Å². The van der Waals surface area contributed by atoms with Gasteiger partial charge in [0, 0.05) is 21.2 Å². The van der Waals surface area contributed by atoms with E-state index in [0.717, 1.165) is 20.7 Å². The van der Waals surface area contributed by atoms with Gasteiger partial charge < -0.3 is 9.84 Å². The van der Waals surface area contributed by atoms with Crippen molar-refractivity contribution in [3.63, 3.8) is 0 Å². The second-order valence-electron chi connectivity index (χ2n) is 4.41. The summed E-state index contributed by atoms with van der Waals surface area (Å²) >= 11 is 5.07. The molecule has 0 radical (unpaired) electrons. The van der Waals surface area contributed by atoms with Gasteiger partial charge in [-0.15, -0.1) is 11.3 Å². The largest absolute Gasteiger partial charge is 0.497 e. The van der Waals surface area contributed by atoms with Crippen molar-refractivity contribution >= 4 is 27.3 Å². The summed E-state index contributed by atoms with van der Waals surface area (Å²) in [6.07, 6.45) is 0.607. The minimum absolute atomic E-state index is 0.607. The lowest BCUT2D eigenvalue weighted by Gasteiger charge is -2.23. The molecule has 0 fully saturated rings. The Morgan fingerprint density at radius 2 is 2.00 bits per heavy atom. The molecule has 0 aliphatic carbocycles. The van der Waals surface area contributed by atoms with Crippen LogP contribution in [0.2, 0.25) is 0 Å². The predicted octanol–water partition coefficient (Wildman–Crippen LogP) is 3.97. The minimum Gasteiger partial charge on any atom is -0.497 e. The Morgan fingerprint density at radius 1 is 1.33 bits per heavy atom. The highest BCUT2D eigenvalue weighted by Crippen LogP contribution is 2.30. The van der Waals surface area contributed by atoms with E-state index in [9.17, 15) is 5.11 Å². The van der Waals surface area contributed by atoms with Gasteiger partial charge in [0.15, 0.2) is 0 Å². The van der Waals surface area contributed by atoms with Crippen molar-refractivity contribution in [2.45, 2.75) is 18.9 Å². The van der Waals surface area contributed by atoms with Gasteiger partial charge in [-0.3, -0.25) is 0 Å². The molecule has 0 aliphatic heterocycles. The van der Waals surface area contributed by atoms with Crippen LogP contribution < -0.4 is 4.74 Å². The van der Waals surface area contributed by atoms with Crippen molar-refractivity contribution in [2.24, 2.45) is 0 Å². The van der Waals surface area contributed by atoms with Crippen LogP contribution in [-0.4, -0.2) is 12.2 Å². The number of halogens is 1. The van der Waals surface area contributed by atoms with Gasteiger partial charge in [0.05, 0.1) is 12.7 Å². The van der Waals surface area contributed by atoms with Crippen LogP contribution in [0.3, 0.4) is 0 Å². The lowest BCUT2D eigenvalue weighted by Crippen LogP contribution is -2.23. The van der Waals surface area contributed by atoms with Crippen molar-refractivity contribution in [2.75, 3.05) is 7.11 Å². The van der Waals surface area contributed by atoms with E-state index in [-0.39, 0.29) is 0 Å². The van der Waals surface area contributed by atoms with Crippen molar-refractivity contribution in [1.29, 1.82) is 0 Å². The van der Waals surface area contributed by atoms with Gasteiger partial charge >= 0.3 is 0 Å². The Morgan fingerprint density at radius 3 is 2.50 bits per heavy atom. The minimum atomic E-state index is -0.865. The number of thiophene rings is 1. The fourth-order valence-electron chi connectivity index (χ4n) is 1.84. The first kappa shape index (κ1) is 13.6. The molecule has 96 valence electrons. The Bertz CT molecular complexity index is 517. The van der Waals surface area contributed by atoms with E-state index in [4.69, 9.17) is 4.74 Å². The summed E-state index contributed by atoms with van der Waals surface area (Å²) in [6, 6.07) is 9.59. The van der Waals surface area contributed by atoms with Crippen LogP contribution in [0.1, 0.15) is 17.4 Å². The number of aliphatic hydroxyl groups is 1. The first-order valence-electron chi connectivity index (χ1n) is 5.61. The van der Waals surface area contributed by atoms with E-state index in [2.05, 4.69) is 15.9 Å². The maximum Gasteiger partial charge on any atom is 0.118 e. The zero-order valence-electron chi connectivity index (χ0n) is 10.3. The molecule has 0 amide bonds. The molecule has 1 aromatic heterocycles. The van der Waals surface area contributed by atoms with Crippen LogP contribution in [0.4, 0.5) is 0 Å². The van der Waals surface area contributed by atoms with Crippen LogP contribution >= 0.6 is 27.3 Å². The SMILES string of the molecule is COc1ccc(C(C)(O)Cc2cc(Br)cs2)cc1. The van der Waals surface area contributed by atoms with Gasteiger partial charge in [0.1, 0.15) is 5.75 Å². The second kappa shape index (κ2) is 5.43. The summed E-state index contributed by atoms with van der Waals surface area (Å²) in [6.45, 7) is 1.84. The van der Waals surface area contributed by atoms with E-state index in [0.29, 0.717) is 6.42 Å². The molecule has 18 heavy (non-hydrogen) atoms. The molecule has 1 atom stereocenters. The Balaban J connectivity index is 2.18. The second-order valence-corrected chi connectivity index (χ2v) is 6.32. The normalized spacial score (nSPS) is 14.2. The summed E-state index contributed by atoms with van der Waals surface area (Å²) in [4.78, 5) is 1.16. The van der Waals surface area contributed by atoms with E-state index in [1.165, 1.54) is 0 Å². The molecule has 0 aliphatic rings. The topological polar surface area (TPSA) is 29.5 Å². The fraction of sp³-hybridized carbons (Fsp3) is 0.286. The molecule has 2 rings (SSSR count). The maximum atomic E-state index is 10.6. The van der Waals surface area contributed by atoms with Crippen molar-refractivity contribution in [3.05, 3.63) is 50.6 Å². The Hall–Kier alpha value is -0.840. The van der Waals surface area contributed by atoms with Crippen LogP contribution in [-0.2, 0) is 12.0 Å². The lowest BCUT2D eigenvalue weighted by atomic mass is 9.92. The van der Waals surface area contributed by atoms with Crippen molar-refractivity contribution < 1.29 is 9.84 Å². The highest BCUT2D eigenvalue weighted by molar-refractivity contribution is 9.10. The van der Waals surface area contributed by atoms with Gasteiger partial charge in [-0.25, -0.2) is 0 Å². The number of ether oxygens (including phenoxy) is 1. The molecule has 1 aromatic carbocycles. The van der Waals surface area contributed by atoms with Gasteiger partial charge in [-0.05, 0) is 46.6 Å². The summed E-state index contributed by atoms with van der Waals surface area (Å²) in [5.74, 6) is 0.799. The van der Waals surface area contributed by atoms with Crippen LogP contribution in [0.15, 0.2) is 40.2 Å². The van der Waals surface area contributed by atoms with Crippen molar-refractivity contribution in [3.8, 4) is 5.75 Å². The third kappa shape index (κ3) is 3.13. The van der Waals surface area contributed by atoms with Crippen LogP contribution in [0.5, 0.6) is 5.75 Å². The number of rotatable bonds is 4. The Labute approximate surface area is 119 Å². The first-order valence-corrected chi connectivity index (χ1v) is 7.28. The molecule has 1 N–H and O–H groups in total. The lowest BCUT2D eigenvalue weighted by molar-refractivity contribution is 0.0584. The number of benzene rings is 1. The Kier molecular flexibility index (Phi) is 4.10. The molecule has 2 nitrogen and oxygen atoms in total. The highest BCUT2D eigenvalue weighted by Gasteiger charge is 2.24. The third-order valence-corrected chi connectivity index (χ3v) is 4.55. The smallest absolute Gasteiger partial charge is 0.118 e. The molecular weight excluding hydrogens is 312 g/mol. The molecule has 2 aromatic rings. The molecule has 0 spiro atoms. The number of methoxy groups -OCH3 is 1. The molecule has 0 saturated heterocycles. The molecule has 1 heterocycles. The standard InChI is InChI=1S/C14H15BrO2S/c1-14(16,8-13-7-11(15)9-18-13)10-3-5-12(17-2)6-4-10/h3-7,9,16H,8H2,1-2H3. The zero-order valence-corrected chi connectivity index (χ0v) is 12.7. The quantitative estimate of drug-likeness (QED) is 0.921. The highest BCUT2D eigenvalue weighted by atomic mass is 79.9.